The van der Waals surface area contributed by atoms with Gasteiger partial charge in [-0.1, -0.05) is 36.3 Å². The molecule has 35 heavy (non-hydrogen) atoms. The standard InChI is InChI=1S/C24H26N2O7S2/c1-5-11-34-17-13-35-22-19(25-18(27)12-16-9-7-6-8-10-16)21(28)26(22)20(17)23(29)32-15(4)33-24(30)31-14(2)3/h1,6-10,14-15,19,22H,11-13H2,2-4H3,(H,25,27)/t15?,19-,22+/m1/s1. The normalized spacial score (nSPS) is 19.7. The zero-order chi connectivity index (χ0) is 25.5. The molecule has 1 unspecified atom stereocenters. The molecule has 0 bridgehead atoms. The number of carbonyl (C=O) groups is 4. The molecule has 0 aromatic heterocycles. The third-order valence-corrected chi connectivity index (χ3v) is 7.31. The Morgan fingerprint density at radius 1 is 1.20 bits per heavy atom. The van der Waals surface area contributed by atoms with Gasteiger partial charge in [-0.25, -0.2) is 9.59 Å². The van der Waals surface area contributed by atoms with E-state index in [4.69, 9.17) is 20.6 Å². The Kier molecular flexibility index (Phi) is 9.12. The summed E-state index contributed by atoms with van der Waals surface area (Å²) in [6.07, 6.45) is 2.89. The molecule has 3 atom stereocenters. The fourth-order valence-electron chi connectivity index (χ4n) is 3.41. The Bertz CT molecular complexity index is 1050. The number of rotatable bonds is 9. The lowest BCUT2D eigenvalue weighted by Crippen LogP contribution is -2.70. The largest absolute Gasteiger partial charge is 0.511 e. The van der Waals surface area contributed by atoms with Gasteiger partial charge in [0.05, 0.1) is 18.3 Å². The van der Waals surface area contributed by atoms with Gasteiger partial charge < -0.3 is 19.5 Å². The second-order valence-corrected chi connectivity index (χ2v) is 10.1. The number of terminal acetylenes is 1. The van der Waals surface area contributed by atoms with E-state index < -0.39 is 41.8 Å². The quantitative estimate of drug-likeness (QED) is 0.228. The van der Waals surface area contributed by atoms with Gasteiger partial charge in [0.1, 0.15) is 17.1 Å². The van der Waals surface area contributed by atoms with E-state index in [-0.39, 0.29) is 18.0 Å². The van der Waals surface area contributed by atoms with Crippen molar-refractivity contribution < 1.29 is 33.4 Å². The summed E-state index contributed by atoms with van der Waals surface area (Å²) in [4.78, 5) is 52.1. The molecule has 2 aliphatic heterocycles. The van der Waals surface area contributed by atoms with Gasteiger partial charge in [-0.15, -0.1) is 29.9 Å². The van der Waals surface area contributed by atoms with E-state index in [2.05, 4.69) is 11.2 Å². The summed E-state index contributed by atoms with van der Waals surface area (Å²) in [6.45, 7) is 4.68. The molecule has 2 heterocycles. The van der Waals surface area contributed by atoms with E-state index in [1.807, 2.05) is 30.3 Å². The van der Waals surface area contributed by atoms with Crippen molar-refractivity contribution in [1.82, 2.24) is 10.2 Å². The van der Waals surface area contributed by atoms with Gasteiger partial charge in [0.25, 0.3) is 5.91 Å². The maximum Gasteiger partial charge on any atom is 0.511 e. The summed E-state index contributed by atoms with van der Waals surface area (Å²) in [7, 11) is 0. The third-order valence-electron chi connectivity index (χ3n) is 4.85. The van der Waals surface area contributed by atoms with Gasteiger partial charge in [-0.2, -0.15) is 0 Å². The number of fused-ring (bicyclic) bond motifs is 1. The summed E-state index contributed by atoms with van der Waals surface area (Å²) in [6, 6.07) is 8.41. The average molecular weight is 519 g/mol. The van der Waals surface area contributed by atoms with E-state index in [9.17, 15) is 19.2 Å². The molecule has 0 saturated carbocycles. The number of nitrogens with one attached hydrogen (secondary N) is 1. The number of thioether (sulfide) groups is 2. The van der Waals surface area contributed by atoms with Crippen molar-refractivity contribution in [1.29, 1.82) is 0 Å². The molecular formula is C24H26N2O7S2. The highest BCUT2D eigenvalue weighted by Crippen LogP contribution is 2.43. The lowest BCUT2D eigenvalue weighted by atomic mass is 10.0. The minimum absolute atomic E-state index is 0.0419. The molecular weight excluding hydrogens is 492 g/mol. The maximum atomic E-state index is 13.0. The second kappa shape index (κ2) is 12.0. The van der Waals surface area contributed by atoms with Crippen molar-refractivity contribution in [2.24, 2.45) is 0 Å². The molecule has 1 aromatic carbocycles. The number of amides is 2. The molecule has 11 heteroatoms. The fraction of sp³-hybridized carbons (Fsp3) is 0.417. The number of benzene rings is 1. The maximum absolute atomic E-state index is 13.0. The summed E-state index contributed by atoms with van der Waals surface area (Å²) in [5.74, 6) is 1.64. The number of carbonyl (C=O) groups excluding carboxylic acids is 4. The van der Waals surface area contributed by atoms with Crippen molar-refractivity contribution >= 4 is 47.5 Å². The van der Waals surface area contributed by atoms with Crippen LogP contribution < -0.4 is 5.32 Å². The minimum atomic E-state index is -1.24. The molecule has 2 aliphatic rings. The minimum Gasteiger partial charge on any atom is -0.431 e. The first-order valence-electron chi connectivity index (χ1n) is 10.9. The first-order valence-corrected chi connectivity index (χ1v) is 12.9. The zero-order valence-electron chi connectivity index (χ0n) is 19.5. The topological polar surface area (TPSA) is 111 Å². The first-order chi connectivity index (χ1) is 16.7. The lowest BCUT2D eigenvalue weighted by molar-refractivity contribution is -0.169. The van der Waals surface area contributed by atoms with Crippen molar-refractivity contribution in [2.45, 2.75) is 51.0 Å². The number of esters is 1. The van der Waals surface area contributed by atoms with Gasteiger partial charge in [0.15, 0.2) is 0 Å². The lowest BCUT2D eigenvalue weighted by Gasteiger charge is -2.49. The van der Waals surface area contributed by atoms with Crippen LogP contribution in [0, 0.1) is 12.3 Å². The molecule has 2 amide bonds. The Morgan fingerprint density at radius 2 is 1.91 bits per heavy atom. The van der Waals surface area contributed by atoms with Gasteiger partial charge >= 0.3 is 12.1 Å². The Morgan fingerprint density at radius 3 is 2.57 bits per heavy atom. The summed E-state index contributed by atoms with van der Waals surface area (Å²) in [5.41, 5.74) is 0.868. The van der Waals surface area contributed by atoms with Crippen molar-refractivity contribution in [2.75, 3.05) is 11.5 Å². The second-order valence-electron chi connectivity index (χ2n) is 7.89. The Labute approximate surface area is 212 Å². The van der Waals surface area contributed by atoms with Crippen molar-refractivity contribution in [3.63, 3.8) is 0 Å². The summed E-state index contributed by atoms with van der Waals surface area (Å²) < 4.78 is 15.1. The third kappa shape index (κ3) is 6.74. The molecule has 0 radical (unpaired) electrons. The average Bonchev–Trinajstić information content (AvgIpc) is 2.80. The van der Waals surface area contributed by atoms with Crippen LogP contribution in [0.4, 0.5) is 4.79 Å². The molecule has 3 rings (SSSR count). The number of ether oxygens (including phenoxy) is 3. The van der Waals surface area contributed by atoms with Crippen LogP contribution in [0.5, 0.6) is 0 Å². The van der Waals surface area contributed by atoms with Crippen LogP contribution in [0.2, 0.25) is 0 Å². The highest BCUT2D eigenvalue weighted by Gasteiger charge is 2.54. The Balaban J connectivity index is 1.69. The van der Waals surface area contributed by atoms with Crippen LogP contribution in [-0.4, -0.2) is 64.2 Å². The number of β-lactam (4-membered cyclic amide) rings is 1. The van der Waals surface area contributed by atoms with Crippen molar-refractivity contribution in [3.8, 4) is 12.3 Å². The van der Waals surface area contributed by atoms with E-state index >= 15 is 0 Å². The number of nitrogens with zero attached hydrogens (tertiary/aromatic N) is 1. The molecule has 1 fully saturated rings. The van der Waals surface area contributed by atoms with Crippen LogP contribution in [0.25, 0.3) is 0 Å². The monoisotopic (exact) mass is 518 g/mol. The number of hydrogen-bond donors (Lipinski definition) is 1. The van der Waals surface area contributed by atoms with Gasteiger partial charge in [-0.05, 0) is 19.4 Å². The van der Waals surface area contributed by atoms with Crippen LogP contribution in [0.1, 0.15) is 26.3 Å². The SMILES string of the molecule is C#CCSC1=C(C(=O)OC(C)OC(=O)OC(C)C)N2C(=O)[C@@H](NC(=O)Cc3ccccc3)[C@@H]2SC1. The molecule has 0 aliphatic carbocycles. The molecule has 186 valence electrons. The summed E-state index contributed by atoms with van der Waals surface area (Å²) >= 11 is 2.67. The summed E-state index contributed by atoms with van der Waals surface area (Å²) in [5, 5.41) is 2.30. The molecule has 0 spiro atoms. The molecule has 9 nitrogen and oxygen atoms in total. The first kappa shape index (κ1) is 26.5. The smallest absolute Gasteiger partial charge is 0.431 e. The van der Waals surface area contributed by atoms with Crippen LogP contribution in [-0.2, 0) is 35.0 Å². The van der Waals surface area contributed by atoms with Crippen LogP contribution >= 0.6 is 23.5 Å². The van der Waals surface area contributed by atoms with Gasteiger partial charge in [0, 0.05) is 17.6 Å². The predicted octanol–water partition coefficient (Wildman–Crippen LogP) is 2.66. The zero-order valence-corrected chi connectivity index (χ0v) is 21.1. The van der Waals surface area contributed by atoms with E-state index in [1.54, 1.807) is 13.8 Å². The van der Waals surface area contributed by atoms with Crippen molar-refractivity contribution in [3.05, 3.63) is 46.5 Å². The highest BCUT2D eigenvalue weighted by atomic mass is 32.2. The predicted molar refractivity (Wildman–Crippen MR) is 132 cm³/mol. The Hall–Kier alpha value is -3.10. The molecule has 1 saturated heterocycles. The van der Waals surface area contributed by atoms with Crippen LogP contribution in [0.3, 0.4) is 0 Å². The van der Waals surface area contributed by atoms with E-state index in [0.29, 0.717) is 16.4 Å². The van der Waals surface area contributed by atoms with Gasteiger partial charge in [0.2, 0.25) is 12.2 Å². The van der Waals surface area contributed by atoms with E-state index in [0.717, 1.165) is 5.56 Å². The highest BCUT2D eigenvalue weighted by molar-refractivity contribution is 8.06. The molecule has 1 aromatic rings. The fourth-order valence-corrected chi connectivity index (χ4v) is 5.72. The number of hydrogen-bond acceptors (Lipinski definition) is 9. The van der Waals surface area contributed by atoms with Gasteiger partial charge in [-0.3, -0.25) is 14.5 Å². The van der Waals surface area contributed by atoms with E-state index in [1.165, 1.54) is 35.3 Å². The molecule has 1 N–H and O–H groups in total. The van der Waals surface area contributed by atoms with Crippen LogP contribution in [0.15, 0.2) is 40.9 Å².